The van der Waals surface area contributed by atoms with Crippen LogP contribution in [-0.2, 0) is 0 Å². The van der Waals surface area contributed by atoms with E-state index in [2.05, 4.69) is 24.1 Å². The number of nitrogens with zero attached hydrogens (tertiary/aromatic N) is 1. The average molecular weight is 427 g/mol. The largest absolute Gasteiger partial charge is 0.399 e. The molecule has 1 saturated heterocycles. The standard InChI is InChI=1S/C20H22Cl3N3O/c1-11-5-12(2)10-26(9-11)18-4-3-14(24)8-15(18)20(27)25-19-16(22)6-13(21)7-17(19)23/h3-4,6-8,11-12H,5,9-10,24H2,1-2H3,(H,25,27). The van der Waals surface area contributed by atoms with Gasteiger partial charge in [0, 0.05) is 29.5 Å². The van der Waals surface area contributed by atoms with Crippen LogP contribution in [0.3, 0.4) is 0 Å². The second kappa shape index (κ2) is 8.17. The quantitative estimate of drug-likeness (QED) is 0.595. The Labute approximate surface area is 174 Å². The highest BCUT2D eigenvalue weighted by molar-refractivity contribution is 6.42. The Morgan fingerprint density at radius 2 is 1.67 bits per heavy atom. The van der Waals surface area contributed by atoms with Gasteiger partial charge in [-0.05, 0) is 48.6 Å². The van der Waals surface area contributed by atoms with Crippen molar-refractivity contribution in [3.8, 4) is 0 Å². The number of benzene rings is 2. The second-order valence-electron chi connectivity index (χ2n) is 7.33. The number of rotatable bonds is 3. The zero-order chi connectivity index (χ0) is 19.7. The van der Waals surface area contributed by atoms with Gasteiger partial charge >= 0.3 is 0 Å². The number of anilines is 3. The van der Waals surface area contributed by atoms with Gasteiger partial charge in [-0.1, -0.05) is 48.7 Å². The molecule has 1 fully saturated rings. The van der Waals surface area contributed by atoms with E-state index in [1.54, 1.807) is 18.2 Å². The molecule has 0 saturated carbocycles. The number of carbonyl (C=O) groups excluding carboxylic acids is 1. The summed E-state index contributed by atoms with van der Waals surface area (Å²) in [6.45, 7) is 6.26. The third kappa shape index (κ3) is 4.63. The number of nitrogen functional groups attached to an aromatic ring is 1. The van der Waals surface area contributed by atoms with Gasteiger partial charge in [-0.3, -0.25) is 4.79 Å². The number of hydrogen-bond acceptors (Lipinski definition) is 3. The van der Waals surface area contributed by atoms with Crippen molar-refractivity contribution in [2.75, 3.05) is 29.0 Å². The van der Waals surface area contributed by atoms with Crippen LogP contribution in [0.1, 0.15) is 30.6 Å². The molecule has 1 amide bonds. The fourth-order valence-electron chi connectivity index (χ4n) is 3.71. The fourth-order valence-corrected chi connectivity index (χ4v) is 4.62. The van der Waals surface area contributed by atoms with Gasteiger partial charge in [0.25, 0.3) is 5.91 Å². The monoisotopic (exact) mass is 425 g/mol. The van der Waals surface area contributed by atoms with E-state index in [0.717, 1.165) is 18.8 Å². The highest BCUT2D eigenvalue weighted by atomic mass is 35.5. The Balaban J connectivity index is 1.94. The number of hydrogen-bond donors (Lipinski definition) is 2. The van der Waals surface area contributed by atoms with Crippen molar-refractivity contribution in [1.29, 1.82) is 0 Å². The first-order valence-corrected chi connectivity index (χ1v) is 9.98. The first kappa shape index (κ1) is 20.1. The van der Waals surface area contributed by atoms with Gasteiger partial charge < -0.3 is 16.0 Å². The van der Waals surface area contributed by atoms with E-state index < -0.39 is 0 Å². The molecule has 3 rings (SSSR count). The zero-order valence-electron chi connectivity index (χ0n) is 15.2. The summed E-state index contributed by atoms with van der Waals surface area (Å²) in [5.41, 5.74) is 8.17. The normalized spacial score (nSPS) is 19.8. The molecule has 1 heterocycles. The van der Waals surface area contributed by atoms with Crippen molar-refractivity contribution in [1.82, 2.24) is 0 Å². The lowest BCUT2D eigenvalue weighted by molar-refractivity contribution is 0.102. The van der Waals surface area contributed by atoms with E-state index in [1.165, 1.54) is 6.42 Å². The van der Waals surface area contributed by atoms with Crippen LogP contribution in [0.2, 0.25) is 15.1 Å². The Morgan fingerprint density at radius 1 is 1.07 bits per heavy atom. The molecule has 4 nitrogen and oxygen atoms in total. The van der Waals surface area contributed by atoms with Gasteiger partial charge in [-0.2, -0.15) is 0 Å². The summed E-state index contributed by atoms with van der Waals surface area (Å²) < 4.78 is 0. The van der Waals surface area contributed by atoms with E-state index in [0.29, 0.717) is 33.8 Å². The SMILES string of the molecule is CC1CC(C)CN(c2ccc(N)cc2C(=O)Nc2c(Cl)cc(Cl)cc2Cl)C1. The Morgan fingerprint density at radius 3 is 2.26 bits per heavy atom. The molecular weight excluding hydrogens is 405 g/mol. The van der Waals surface area contributed by atoms with E-state index in [9.17, 15) is 4.79 Å². The molecule has 2 atom stereocenters. The third-order valence-electron chi connectivity index (χ3n) is 4.72. The maximum absolute atomic E-state index is 13.0. The van der Waals surface area contributed by atoms with Crippen LogP contribution in [0.5, 0.6) is 0 Å². The van der Waals surface area contributed by atoms with Gasteiger partial charge in [-0.15, -0.1) is 0 Å². The van der Waals surface area contributed by atoms with Crippen LogP contribution < -0.4 is 16.0 Å². The molecule has 7 heteroatoms. The van der Waals surface area contributed by atoms with Crippen LogP contribution in [0.15, 0.2) is 30.3 Å². The Bertz CT molecular complexity index is 839. The summed E-state index contributed by atoms with van der Waals surface area (Å²) in [5, 5.41) is 3.78. The Kier molecular flexibility index (Phi) is 6.09. The van der Waals surface area contributed by atoms with Crippen molar-refractivity contribution in [3.63, 3.8) is 0 Å². The topological polar surface area (TPSA) is 58.4 Å². The molecule has 2 unspecified atom stereocenters. The minimum Gasteiger partial charge on any atom is -0.399 e. The van der Waals surface area contributed by atoms with Gasteiger partial charge in [0.15, 0.2) is 0 Å². The maximum Gasteiger partial charge on any atom is 0.257 e. The molecule has 1 aliphatic heterocycles. The molecule has 2 aromatic rings. The highest BCUT2D eigenvalue weighted by Gasteiger charge is 2.26. The number of halogens is 3. The fraction of sp³-hybridized carbons (Fsp3) is 0.350. The summed E-state index contributed by atoms with van der Waals surface area (Å²) >= 11 is 18.4. The molecule has 144 valence electrons. The van der Waals surface area contributed by atoms with Gasteiger partial charge in [0.1, 0.15) is 0 Å². The minimum absolute atomic E-state index is 0.284. The predicted molar refractivity (Wildman–Crippen MR) is 115 cm³/mol. The minimum atomic E-state index is -0.311. The summed E-state index contributed by atoms with van der Waals surface area (Å²) in [6, 6.07) is 8.49. The van der Waals surface area contributed by atoms with Crippen LogP contribution in [0, 0.1) is 11.8 Å². The van der Waals surface area contributed by atoms with E-state index in [4.69, 9.17) is 40.5 Å². The highest BCUT2D eigenvalue weighted by Crippen LogP contribution is 2.35. The van der Waals surface area contributed by atoms with Crippen LogP contribution in [0.4, 0.5) is 17.1 Å². The lowest BCUT2D eigenvalue weighted by Gasteiger charge is -2.37. The number of piperidine rings is 1. The van der Waals surface area contributed by atoms with E-state index in [-0.39, 0.29) is 16.0 Å². The molecule has 0 aliphatic carbocycles. The Hall–Kier alpha value is -1.62. The molecule has 1 aliphatic rings. The van der Waals surface area contributed by atoms with Crippen LogP contribution >= 0.6 is 34.8 Å². The molecule has 0 spiro atoms. The third-order valence-corrected chi connectivity index (χ3v) is 5.53. The van der Waals surface area contributed by atoms with E-state index in [1.807, 2.05) is 12.1 Å². The lowest BCUT2D eigenvalue weighted by atomic mass is 9.91. The van der Waals surface area contributed by atoms with Crippen molar-refractivity contribution >= 4 is 57.8 Å². The number of nitrogens with one attached hydrogen (secondary N) is 1. The molecule has 2 aromatic carbocycles. The molecule has 3 N–H and O–H groups in total. The molecule has 0 aromatic heterocycles. The molecule has 0 bridgehead atoms. The first-order valence-electron chi connectivity index (χ1n) is 8.85. The van der Waals surface area contributed by atoms with Crippen LogP contribution in [0.25, 0.3) is 0 Å². The van der Waals surface area contributed by atoms with Crippen LogP contribution in [-0.4, -0.2) is 19.0 Å². The predicted octanol–water partition coefficient (Wildman–Crippen LogP) is 5.96. The maximum atomic E-state index is 13.0. The zero-order valence-corrected chi connectivity index (χ0v) is 17.5. The number of nitrogens with two attached hydrogens (primary N) is 1. The lowest BCUT2D eigenvalue weighted by Crippen LogP contribution is -2.39. The van der Waals surface area contributed by atoms with Crippen molar-refractivity contribution in [3.05, 3.63) is 51.0 Å². The second-order valence-corrected chi connectivity index (χ2v) is 8.58. The number of carbonyl (C=O) groups is 1. The molecular formula is C20H22Cl3N3O. The summed E-state index contributed by atoms with van der Waals surface area (Å²) in [4.78, 5) is 15.3. The molecule has 0 radical (unpaired) electrons. The summed E-state index contributed by atoms with van der Waals surface area (Å²) in [7, 11) is 0. The van der Waals surface area contributed by atoms with E-state index >= 15 is 0 Å². The summed E-state index contributed by atoms with van der Waals surface area (Å²) in [6.07, 6.45) is 1.18. The van der Waals surface area contributed by atoms with Gasteiger partial charge in [0.2, 0.25) is 0 Å². The van der Waals surface area contributed by atoms with Crippen molar-refractivity contribution in [2.45, 2.75) is 20.3 Å². The smallest absolute Gasteiger partial charge is 0.257 e. The first-order chi connectivity index (χ1) is 12.7. The number of amides is 1. The summed E-state index contributed by atoms with van der Waals surface area (Å²) in [5.74, 6) is 0.805. The van der Waals surface area contributed by atoms with Crippen molar-refractivity contribution in [2.24, 2.45) is 11.8 Å². The van der Waals surface area contributed by atoms with Gasteiger partial charge in [0.05, 0.1) is 21.3 Å². The molecule has 27 heavy (non-hydrogen) atoms. The van der Waals surface area contributed by atoms with Crippen molar-refractivity contribution < 1.29 is 4.79 Å². The van der Waals surface area contributed by atoms with Gasteiger partial charge in [-0.25, -0.2) is 0 Å². The average Bonchev–Trinajstić information content (AvgIpc) is 2.56.